The lowest BCUT2D eigenvalue weighted by atomic mass is 9.73. The number of amides is 1. The maximum atomic E-state index is 11.2. The molecule has 2 unspecified atom stereocenters. The zero-order valence-corrected chi connectivity index (χ0v) is 13.7. The Labute approximate surface area is 128 Å². The predicted octanol–water partition coefficient (Wildman–Crippen LogP) is 4.26. The van der Waals surface area contributed by atoms with Gasteiger partial charge in [-0.1, -0.05) is 38.8 Å². The quantitative estimate of drug-likeness (QED) is 0.869. The van der Waals surface area contributed by atoms with Crippen molar-refractivity contribution in [2.75, 3.05) is 5.32 Å². The first kappa shape index (κ1) is 16.0. The van der Waals surface area contributed by atoms with Crippen LogP contribution < -0.4 is 10.6 Å². The molecule has 116 valence electrons. The zero-order valence-electron chi connectivity index (χ0n) is 13.7. The number of nitrogens with one attached hydrogen (secondary N) is 2. The molecule has 0 saturated heterocycles. The maximum Gasteiger partial charge on any atom is 0.221 e. The molecule has 0 radical (unpaired) electrons. The summed E-state index contributed by atoms with van der Waals surface area (Å²) in [5.74, 6) is -0.0267. The minimum Gasteiger partial charge on any atom is -0.326 e. The van der Waals surface area contributed by atoms with E-state index in [1.54, 1.807) is 6.92 Å². The molecule has 1 aromatic rings. The van der Waals surface area contributed by atoms with Gasteiger partial charge in [-0.05, 0) is 42.9 Å². The van der Waals surface area contributed by atoms with Crippen LogP contribution in [0.2, 0.25) is 0 Å². The molecular formula is C18H28N2O. The fourth-order valence-corrected chi connectivity index (χ4v) is 3.29. The molecule has 2 atom stereocenters. The largest absolute Gasteiger partial charge is 0.326 e. The van der Waals surface area contributed by atoms with Gasteiger partial charge in [0.1, 0.15) is 0 Å². The summed E-state index contributed by atoms with van der Waals surface area (Å²) in [4.78, 5) is 11.2. The van der Waals surface area contributed by atoms with Crippen molar-refractivity contribution in [2.45, 2.75) is 65.5 Å². The standard InChI is InChI=1S/C18H28N2O/c1-13(19-17-10-5-6-11-18(17,3)4)15-8-7-9-16(12-15)20-14(2)21/h7-9,12-13,17,19H,5-6,10-11H2,1-4H3,(H,20,21). The first-order chi connectivity index (χ1) is 9.88. The second kappa shape index (κ2) is 6.61. The second-order valence-electron chi connectivity index (χ2n) is 6.98. The first-order valence-electron chi connectivity index (χ1n) is 8.02. The van der Waals surface area contributed by atoms with E-state index in [-0.39, 0.29) is 5.91 Å². The van der Waals surface area contributed by atoms with E-state index in [1.807, 2.05) is 12.1 Å². The van der Waals surface area contributed by atoms with E-state index in [0.29, 0.717) is 17.5 Å². The van der Waals surface area contributed by atoms with Gasteiger partial charge >= 0.3 is 0 Å². The number of benzene rings is 1. The molecule has 1 fully saturated rings. The summed E-state index contributed by atoms with van der Waals surface area (Å²) < 4.78 is 0. The molecule has 1 aliphatic rings. The van der Waals surface area contributed by atoms with Crippen molar-refractivity contribution in [3.05, 3.63) is 29.8 Å². The summed E-state index contributed by atoms with van der Waals surface area (Å²) in [5.41, 5.74) is 2.46. The molecule has 2 N–H and O–H groups in total. The molecule has 2 rings (SSSR count). The Kier molecular flexibility index (Phi) is 5.04. The first-order valence-corrected chi connectivity index (χ1v) is 8.02. The minimum absolute atomic E-state index is 0.0267. The number of carbonyl (C=O) groups excluding carboxylic acids is 1. The molecule has 1 amide bonds. The van der Waals surface area contributed by atoms with Gasteiger partial charge in [0.05, 0.1) is 0 Å². The van der Waals surface area contributed by atoms with Crippen LogP contribution in [0.15, 0.2) is 24.3 Å². The van der Waals surface area contributed by atoms with E-state index >= 15 is 0 Å². The summed E-state index contributed by atoms with van der Waals surface area (Å²) in [6, 6.07) is 8.98. The summed E-state index contributed by atoms with van der Waals surface area (Å²) in [7, 11) is 0. The van der Waals surface area contributed by atoms with Gasteiger partial charge in [-0.25, -0.2) is 0 Å². The fourth-order valence-electron chi connectivity index (χ4n) is 3.29. The molecule has 0 aliphatic heterocycles. The lowest BCUT2D eigenvalue weighted by Gasteiger charge is -2.41. The molecule has 0 spiro atoms. The molecule has 0 heterocycles. The van der Waals surface area contributed by atoms with Gasteiger partial charge in [0.25, 0.3) is 0 Å². The van der Waals surface area contributed by atoms with Crippen molar-refractivity contribution in [1.29, 1.82) is 0 Å². The van der Waals surface area contributed by atoms with Crippen LogP contribution in [-0.4, -0.2) is 11.9 Å². The van der Waals surface area contributed by atoms with Crippen LogP contribution in [0.4, 0.5) is 5.69 Å². The van der Waals surface area contributed by atoms with Crippen LogP contribution in [0.25, 0.3) is 0 Å². The van der Waals surface area contributed by atoms with Crippen LogP contribution in [0.5, 0.6) is 0 Å². The lowest BCUT2D eigenvalue weighted by Crippen LogP contribution is -2.45. The third-order valence-corrected chi connectivity index (χ3v) is 4.67. The van der Waals surface area contributed by atoms with Crippen molar-refractivity contribution < 1.29 is 4.79 Å². The van der Waals surface area contributed by atoms with E-state index in [4.69, 9.17) is 0 Å². The second-order valence-corrected chi connectivity index (χ2v) is 6.98. The van der Waals surface area contributed by atoms with Crippen LogP contribution >= 0.6 is 0 Å². The topological polar surface area (TPSA) is 41.1 Å². The van der Waals surface area contributed by atoms with E-state index in [2.05, 4.69) is 43.5 Å². The Hall–Kier alpha value is -1.35. The molecule has 1 saturated carbocycles. The normalized spacial score (nSPS) is 22.6. The average Bonchev–Trinajstić information content (AvgIpc) is 2.40. The maximum absolute atomic E-state index is 11.2. The average molecular weight is 288 g/mol. The number of rotatable bonds is 4. The SMILES string of the molecule is CC(=O)Nc1cccc(C(C)NC2CCCCC2(C)C)c1. The molecule has 0 bridgehead atoms. The van der Waals surface area contributed by atoms with Crippen LogP contribution in [0, 0.1) is 5.41 Å². The van der Waals surface area contributed by atoms with Gasteiger partial charge < -0.3 is 10.6 Å². The summed E-state index contributed by atoms with van der Waals surface area (Å²) in [6.45, 7) is 8.48. The fraction of sp³-hybridized carbons (Fsp3) is 0.611. The highest BCUT2D eigenvalue weighted by Crippen LogP contribution is 2.36. The smallest absolute Gasteiger partial charge is 0.221 e. The summed E-state index contributed by atoms with van der Waals surface area (Å²) in [5, 5.41) is 6.65. The molecule has 1 aliphatic carbocycles. The number of hydrogen-bond donors (Lipinski definition) is 2. The Morgan fingerprint density at radius 2 is 2.10 bits per heavy atom. The van der Waals surface area contributed by atoms with Gasteiger partial charge in [-0.2, -0.15) is 0 Å². The van der Waals surface area contributed by atoms with Crippen molar-refractivity contribution >= 4 is 11.6 Å². The molecular weight excluding hydrogens is 260 g/mol. The molecule has 3 nitrogen and oxygen atoms in total. The van der Waals surface area contributed by atoms with Crippen molar-refractivity contribution in [3.63, 3.8) is 0 Å². The van der Waals surface area contributed by atoms with Gasteiger partial charge in [0, 0.05) is 24.7 Å². The number of hydrogen-bond acceptors (Lipinski definition) is 2. The van der Waals surface area contributed by atoms with E-state index in [9.17, 15) is 4.79 Å². The third-order valence-electron chi connectivity index (χ3n) is 4.67. The van der Waals surface area contributed by atoms with Gasteiger partial charge in [0.15, 0.2) is 0 Å². The van der Waals surface area contributed by atoms with Crippen molar-refractivity contribution in [2.24, 2.45) is 5.41 Å². The highest BCUT2D eigenvalue weighted by atomic mass is 16.1. The summed E-state index contributed by atoms with van der Waals surface area (Å²) in [6.07, 6.45) is 5.21. The van der Waals surface area contributed by atoms with E-state index in [0.717, 1.165) is 5.69 Å². The van der Waals surface area contributed by atoms with Crippen LogP contribution in [0.1, 0.15) is 65.0 Å². The third kappa shape index (κ3) is 4.31. The van der Waals surface area contributed by atoms with Crippen LogP contribution in [0.3, 0.4) is 0 Å². The molecule has 0 aromatic heterocycles. The highest BCUT2D eigenvalue weighted by molar-refractivity contribution is 5.88. The summed E-state index contributed by atoms with van der Waals surface area (Å²) >= 11 is 0. The van der Waals surface area contributed by atoms with Crippen molar-refractivity contribution in [1.82, 2.24) is 5.32 Å². The zero-order chi connectivity index (χ0) is 15.5. The van der Waals surface area contributed by atoms with Gasteiger partial charge in [0.2, 0.25) is 5.91 Å². The predicted molar refractivity (Wildman–Crippen MR) is 88.3 cm³/mol. The Bertz CT molecular complexity index is 496. The Morgan fingerprint density at radius 1 is 1.33 bits per heavy atom. The number of carbonyl (C=O) groups is 1. The molecule has 3 heteroatoms. The number of anilines is 1. The van der Waals surface area contributed by atoms with E-state index in [1.165, 1.54) is 31.2 Å². The van der Waals surface area contributed by atoms with Gasteiger partial charge in [-0.3, -0.25) is 4.79 Å². The Morgan fingerprint density at radius 3 is 2.76 bits per heavy atom. The van der Waals surface area contributed by atoms with Gasteiger partial charge in [-0.15, -0.1) is 0 Å². The monoisotopic (exact) mass is 288 g/mol. The molecule has 1 aromatic carbocycles. The Balaban J connectivity index is 2.05. The minimum atomic E-state index is -0.0267. The van der Waals surface area contributed by atoms with Crippen molar-refractivity contribution in [3.8, 4) is 0 Å². The van der Waals surface area contributed by atoms with E-state index < -0.39 is 0 Å². The highest BCUT2D eigenvalue weighted by Gasteiger charge is 2.32. The molecule has 21 heavy (non-hydrogen) atoms. The lowest BCUT2D eigenvalue weighted by molar-refractivity contribution is -0.114. The van der Waals surface area contributed by atoms with Crippen LogP contribution in [-0.2, 0) is 4.79 Å².